The van der Waals surface area contributed by atoms with Crippen molar-refractivity contribution in [2.24, 2.45) is 0 Å². The second-order valence-electron chi connectivity index (χ2n) is 7.11. The van der Waals surface area contributed by atoms with Crippen LogP contribution < -0.4 is 5.43 Å². The average molecular weight is 380 g/mol. The predicted octanol–water partition coefficient (Wildman–Crippen LogP) is 5.34. The van der Waals surface area contributed by atoms with Crippen molar-refractivity contribution in [3.05, 3.63) is 99.7 Å². The third-order valence-electron chi connectivity index (χ3n) is 5.30. The monoisotopic (exact) mass is 380 g/mol. The lowest BCUT2D eigenvalue weighted by Gasteiger charge is -2.09. The van der Waals surface area contributed by atoms with Crippen LogP contribution in [-0.4, -0.2) is 10.9 Å². The molecule has 0 fully saturated rings. The number of rotatable bonds is 2. The first-order chi connectivity index (χ1) is 14.0. The third-order valence-corrected chi connectivity index (χ3v) is 5.30. The smallest absolute Gasteiger partial charge is 0.204 e. The number of fused-ring (bicyclic) bond motifs is 4. The first-order valence-corrected chi connectivity index (χ1v) is 9.26. The summed E-state index contributed by atoms with van der Waals surface area (Å²) in [5.74, 6) is -0.496. The molecule has 0 spiro atoms. The van der Waals surface area contributed by atoms with Gasteiger partial charge in [-0.05, 0) is 36.1 Å². The highest BCUT2D eigenvalue weighted by atomic mass is 16.3. The topological polar surface area (TPSA) is 67.5 Å². The van der Waals surface area contributed by atoms with Crippen molar-refractivity contribution >= 4 is 38.5 Å². The van der Waals surface area contributed by atoms with Crippen molar-refractivity contribution in [2.75, 3.05) is 0 Å². The Balaban J connectivity index is 1.83. The molecule has 0 aliphatic carbocycles. The number of carbonyl (C=O) groups is 1. The largest absolute Gasteiger partial charge is 0.507 e. The molecule has 1 heterocycles. The van der Waals surface area contributed by atoms with Crippen molar-refractivity contribution in [1.29, 1.82) is 0 Å². The molecule has 29 heavy (non-hydrogen) atoms. The highest BCUT2D eigenvalue weighted by Crippen LogP contribution is 2.31. The molecule has 0 aliphatic rings. The number of aromatic hydroxyl groups is 1. The molecule has 5 rings (SSSR count). The van der Waals surface area contributed by atoms with Crippen molar-refractivity contribution < 1.29 is 14.3 Å². The van der Waals surface area contributed by atoms with Gasteiger partial charge in [-0.25, -0.2) is 0 Å². The molecule has 0 saturated carbocycles. The fourth-order valence-corrected chi connectivity index (χ4v) is 3.80. The molecule has 5 aromatic rings. The number of benzene rings is 4. The molecular formula is C25H16O4. The Morgan fingerprint density at radius 3 is 2.48 bits per heavy atom. The lowest BCUT2D eigenvalue weighted by Crippen LogP contribution is -2.07. The zero-order valence-corrected chi connectivity index (χ0v) is 15.6. The molecule has 1 N–H and O–H groups in total. The van der Waals surface area contributed by atoms with Crippen LogP contribution in [0, 0.1) is 6.92 Å². The fraction of sp³-hybridized carbons (Fsp3) is 0.0400. The van der Waals surface area contributed by atoms with Crippen LogP contribution in [0.15, 0.2) is 82.0 Å². The Morgan fingerprint density at radius 1 is 0.897 bits per heavy atom. The van der Waals surface area contributed by atoms with E-state index in [1.165, 1.54) is 12.1 Å². The van der Waals surface area contributed by atoms with Crippen molar-refractivity contribution in [3.8, 4) is 5.75 Å². The number of phenolic OH excluding ortho intramolecular Hbond substituents is 1. The van der Waals surface area contributed by atoms with Gasteiger partial charge >= 0.3 is 0 Å². The van der Waals surface area contributed by atoms with Crippen LogP contribution in [0.3, 0.4) is 0 Å². The van der Waals surface area contributed by atoms with Gasteiger partial charge in [-0.2, -0.15) is 0 Å². The van der Waals surface area contributed by atoms with E-state index in [0.717, 1.165) is 16.3 Å². The van der Waals surface area contributed by atoms with Gasteiger partial charge in [0.2, 0.25) is 5.43 Å². The van der Waals surface area contributed by atoms with Gasteiger partial charge in [0.05, 0.1) is 5.39 Å². The van der Waals surface area contributed by atoms with E-state index < -0.39 is 0 Å². The molecule has 4 heteroatoms. The summed E-state index contributed by atoms with van der Waals surface area (Å²) in [7, 11) is 0. The molecule has 1 aromatic heterocycles. The molecule has 4 aromatic carbocycles. The molecule has 0 bridgehead atoms. The zero-order valence-electron chi connectivity index (χ0n) is 15.6. The van der Waals surface area contributed by atoms with Crippen LogP contribution >= 0.6 is 0 Å². The van der Waals surface area contributed by atoms with E-state index in [4.69, 9.17) is 4.42 Å². The Hall–Kier alpha value is -3.92. The minimum absolute atomic E-state index is 0.0779. The number of ketones is 1. The number of hydrogen-bond donors (Lipinski definition) is 1. The Morgan fingerprint density at radius 2 is 1.66 bits per heavy atom. The predicted molar refractivity (Wildman–Crippen MR) is 114 cm³/mol. The average Bonchev–Trinajstić information content (AvgIpc) is 2.73. The van der Waals surface area contributed by atoms with E-state index in [9.17, 15) is 14.7 Å². The number of hydrogen-bond acceptors (Lipinski definition) is 4. The van der Waals surface area contributed by atoms with Gasteiger partial charge in [0, 0.05) is 16.5 Å². The van der Waals surface area contributed by atoms with E-state index in [-0.39, 0.29) is 33.5 Å². The highest BCUT2D eigenvalue weighted by Gasteiger charge is 2.18. The molecule has 4 nitrogen and oxygen atoms in total. The first kappa shape index (κ1) is 17.2. The summed E-state index contributed by atoms with van der Waals surface area (Å²) in [5, 5.41) is 12.8. The lowest BCUT2D eigenvalue weighted by molar-refractivity contribution is 0.103. The Kier molecular flexibility index (Phi) is 3.74. The van der Waals surface area contributed by atoms with E-state index in [1.807, 2.05) is 49.4 Å². The highest BCUT2D eigenvalue weighted by molar-refractivity contribution is 6.13. The van der Waals surface area contributed by atoms with Crippen molar-refractivity contribution in [3.63, 3.8) is 0 Å². The summed E-state index contributed by atoms with van der Waals surface area (Å²) in [6, 6.07) is 21.3. The molecule has 0 saturated heterocycles. The van der Waals surface area contributed by atoms with Gasteiger partial charge in [0.25, 0.3) is 0 Å². The maximum Gasteiger partial charge on any atom is 0.204 e. The molecule has 140 valence electrons. The van der Waals surface area contributed by atoms with E-state index in [2.05, 4.69) is 0 Å². The Bertz CT molecular complexity index is 1510. The number of phenols is 1. The van der Waals surface area contributed by atoms with Crippen molar-refractivity contribution in [1.82, 2.24) is 0 Å². The zero-order chi connectivity index (χ0) is 20.1. The first-order valence-electron chi connectivity index (χ1n) is 9.26. The van der Waals surface area contributed by atoms with Crippen LogP contribution in [0.1, 0.15) is 21.5 Å². The van der Waals surface area contributed by atoms with E-state index in [1.54, 1.807) is 18.2 Å². The maximum atomic E-state index is 13.1. The summed E-state index contributed by atoms with van der Waals surface area (Å²) < 4.78 is 6.07. The fourth-order valence-electron chi connectivity index (χ4n) is 3.80. The van der Waals surface area contributed by atoms with Crippen LogP contribution in [0.25, 0.3) is 32.7 Å². The quantitative estimate of drug-likeness (QED) is 0.255. The standard InChI is InChI=1S/C25H16O4/c1-14-6-2-4-8-17(14)23(27)16-12-20(26)22-21(13-16)29-25-18-9-5-3-7-15(18)10-11-19(25)24(22)28/h2-13,26H,1H3. The third kappa shape index (κ3) is 2.61. The molecule has 0 aliphatic heterocycles. The summed E-state index contributed by atoms with van der Waals surface area (Å²) in [6.07, 6.45) is 0. The van der Waals surface area contributed by atoms with Crippen LogP contribution in [0.2, 0.25) is 0 Å². The van der Waals surface area contributed by atoms with Gasteiger partial charge in [0.1, 0.15) is 22.3 Å². The number of aryl methyl sites for hydroxylation is 1. The minimum Gasteiger partial charge on any atom is -0.507 e. The van der Waals surface area contributed by atoms with Gasteiger partial charge in [-0.3, -0.25) is 9.59 Å². The van der Waals surface area contributed by atoms with Gasteiger partial charge < -0.3 is 9.52 Å². The summed E-state index contributed by atoms with van der Waals surface area (Å²) in [4.78, 5) is 26.0. The summed E-state index contributed by atoms with van der Waals surface area (Å²) in [6.45, 7) is 1.86. The maximum absolute atomic E-state index is 13.1. The van der Waals surface area contributed by atoms with Crippen LogP contribution in [-0.2, 0) is 0 Å². The van der Waals surface area contributed by atoms with Crippen molar-refractivity contribution in [2.45, 2.75) is 6.92 Å². The van der Waals surface area contributed by atoms with Gasteiger partial charge in [-0.1, -0.05) is 54.6 Å². The molecule has 0 radical (unpaired) electrons. The second-order valence-corrected chi connectivity index (χ2v) is 7.11. The normalized spacial score (nSPS) is 11.3. The summed E-state index contributed by atoms with van der Waals surface area (Å²) in [5.41, 5.74) is 1.96. The molecular weight excluding hydrogens is 364 g/mol. The minimum atomic E-state index is -0.320. The van der Waals surface area contributed by atoms with E-state index >= 15 is 0 Å². The lowest BCUT2D eigenvalue weighted by atomic mass is 9.97. The van der Waals surface area contributed by atoms with E-state index in [0.29, 0.717) is 16.5 Å². The van der Waals surface area contributed by atoms with Crippen LogP contribution in [0.5, 0.6) is 5.75 Å². The number of carbonyl (C=O) groups excluding carboxylic acids is 1. The molecule has 0 unspecified atom stereocenters. The Labute approximate surface area is 165 Å². The molecule has 0 atom stereocenters. The van der Waals surface area contributed by atoms with Gasteiger partial charge in [-0.15, -0.1) is 0 Å². The van der Waals surface area contributed by atoms with Gasteiger partial charge in [0.15, 0.2) is 5.78 Å². The SMILES string of the molecule is Cc1ccccc1C(=O)c1cc(O)c2c(=O)c3ccc4ccccc4c3oc2c1. The summed E-state index contributed by atoms with van der Waals surface area (Å²) >= 11 is 0. The molecule has 0 amide bonds. The second kappa shape index (κ2) is 6.31. The van der Waals surface area contributed by atoms with Crippen LogP contribution in [0.4, 0.5) is 0 Å².